The van der Waals surface area contributed by atoms with E-state index in [1.807, 2.05) is 18.3 Å². The van der Waals surface area contributed by atoms with Gasteiger partial charge in [0.25, 0.3) is 0 Å². The lowest BCUT2D eigenvalue weighted by Gasteiger charge is -2.22. The number of rotatable bonds is 1. The highest BCUT2D eigenvalue weighted by Crippen LogP contribution is 1.97. The highest BCUT2D eigenvalue weighted by Gasteiger charge is 2.07. The summed E-state index contributed by atoms with van der Waals surface area (Å²) in [6.45, 7) is 6.67. The van der Waals surface area contributed by atoms with Gasteiger partial charge in [-0.05, 0) is 6.07 Å². The van der Waals surface area contributed by atoms with Gasteiger partial charge in [-0.3, -0.25) is 0 Å². The summed E-state index contributed by atoms with van der Waals surface area (Å²) in [5, 5.41) is 0. The van der Waals surface area contributed by atoms with Gasteiger partial charge in [0.1, 0.15) is 0 Å². The lowest BCUT2D eigenvalue weighted by molar-refractivity contribution is 1.36. The van der Waals surface area contributed by atoms with E-state index in [0.29, 0.717) is 0 Å². The van der Waals surface area contributed by atoms with Crippen molar-refractivity contribution >= 4 is 11.7 Å². The molecule has 2 heteroatoms. The van der Waals surface area contributed by atoms with E-state index in [0.717, 1.165) is 0 Å². The van der Waals surface area contributed by atoms with Crippen LogP contribution < -0.4 is 5.59 Å². The maximum absolute atomic E-state index is 4.28. The molecular formula is C8H13BN-. The fraction of sp³-hybridized carbons (Fsp3) is 0.375. The van der Waals surface area contributed by atoms with Crippen molar-refractivity contribution in [1.82, 2.24) is 4.98 Å². The molecule has 0 bridgehead atoms. The zero-order valence-electron chi connectivity index (χ0n) is 6.83. The van der Waals surface area contributed by atoms with Crippen LogP contribution in [0.2, 0.25) is 20.5 Å². The van der Waals surface area contributed by atoms with E-state index in [-0.39, 0.29) is 0 Å². The second-order valence-electron chi connectivity index (χ2n) is 3.85. The Balaban J connectivity index is 2.97. The number of pyridine rings is 1. The summed E-state index contributed by atoms with van der Waals surface area (Å²) in [4.78, 5) is 4.28. The van der Waals surface area contributed by atoms with Gasteiger partial charge in [-0.25, -0.2) is 0 Å². The van der Waals surface area contributed by atoms with Crippen molar-refractivity contribution in [3.8, 4) is 0 Å². The molecule has 0 amide bonds. The molecule has 0 saturated carbocycles. The fourth-order valence-corrected chi connectivity index (χ4v) is 0.888. The first-order chi connectivity index (χ1) is 4.61. The molecule has 1 aromatic rings. The van der Waals surface area contributed by atoms with Crippen molar-refractivity contribution in [1.29, 1.82) is 0 Å². The van der Waals surface area contributed by atoms with Gasteiger partial charge in [0, 0.05) is 12.3 Å². The smallest absolute Gasteiger partial charge is 0.0401 e. The SMILES string of the molecule is C[B-](C)(C)c1ccccn1. The van der Waals surface area contributed by atoms with Gasteiger partial charge in [-0.1, -0.05) is 12.1 Å². The third kappa shape index (κ3) is 1.60. The van der Waals surface area contributed by atoms with Gasteiger partial charge in [-0.15, -0.1) is 5.59 Å². The van der Waals surface area contributed by atoms with Gasteiger partial charge >= 0.3 is 0 Å². The minimum Gasteiger partial charge on any atom is -0.304 e. The maximum Gasteiger partial charge on any atom is 0.0401 e. The van der Waals surface area contributed by atoms with Crippen molar-refractivity contribution in [3.05, 3.63) is 24.4 Å². The molecule has 0 unspecified atom stereocenters. The molecule has 1 aromatic heterocycles. The van der Waals surface area contributed by atoms with Crippen LogP contribution in [0.5, 0.6) is 0 Å². The van der Waals surface area contributed by atoms with Crippen LogP contribution in [0.4, 0.5) is 0 Å². The molecule has 0 aliphatic heterocycles. The topological polar surface area (TPSA) is 12.9 Å². The molecule has 1 nitrogen and oxygen atoms in total. The normalized spacial score (nSPS) is 11.5. The van der Waals surface area contributed by atoms with Crippen LogP contribution in [0, 0.1) is 0 Å². The molecule has 0 N–H and O–H groups in total. The van der Waals surface area contributed by atoms with Gasteiger partial charge < -0.3 is 4.98 Å². The standard InChI is InChI=1S/C8H13BN/c1-9(2,3)8-6-4-5-7-10-8/h4-7H,1-3H3/q-1. The summed E-state index contributed by atoms with van der Waals surface area (Å²) in [7, 11) is 0. The lowest BCUT2D eigenvalue weighted by atomic mass is 9.28. The minimum atomic E-state index is -0.415. The summed E-state index contributed by atoms with van der Waals surface area (Å²) >= 11 is 0. The van der Waals surface area contributed by atoms with Gasteiger partial charge in [0.2, 0.25) is 0 Å². The number of nitrogens with zero attached hydrogens (tertiary/aromatic N) is 1. The Morgan fingerprint density at radius 2 is 1.90 bits per heavy atom. The van der Waals surface area contributed by atoms with Crippen LogP contribution in [-0.2, 0) is 0 Å². The van der Waals surface area contributed by atoms with E-state index in [1.165, 1.54) is 5.59 Å². The third-order valence-corrected chi connectivity index (χ3v) is 1.58. The van der Waals surface area contributed by atoms with Gasteiger partial charge in [0.05, 0.1) is 0 Å². The highest BCUT2D eigenvalue weighted by atomic mass is 14.6. The summed E-state index contributed by atoms with van der Waals surface area (Å²) in [6, 6.07) is 6.07. The monoisotopic (exact) mass is 134 g/mol. The Labute approximate surface area is 62.4 Å². The fourth-order valence-electron chi connectivity index (χ4n) is 0.888. The van der Waals surface area contributed by atoms with Crippen LogP contribution in [0.25, 0.3) is 0 Å². The molecule has 1 rings (SSSR count). The number of hydrogen-bond donors (Lipinski definition) is 0. The van der Waals surface area contributed by atoms with Crippen LogP contribution in [0.15, 0.2) is 24.4 Å². The van der Waals surface area contributed by atoms with Crippen molar-refractivity contribution in [2.75, 3.05) is 0 Å². The molecule has 0 spiro atoms. The molecule has 0 saturated heterocycles. The predicted octanol–water partition coefficient (Wildman–Crippen LogP) is 1.63. The highest BCUT2D eigenvalue weighted by molar-refractivity contribution is 6.88. The molecule has 10 heavy (non-hydrogen) atoms. The van der Waals surface area contributed by atoms with E-state index in [1.54, 1.807) is 0 Å². The predicted molar refractivity (Wildman–Crippen MR) is 47.2 cm³/mol. The van der Waals surface area contributed by atoms with E-state index in [9.17, 15) is 0 Å². The second kappa shape index (κ2) is 2.45. The summed E-state index contributed by atoms with van der Waals surface area (Å²) in [6.07, 6.45) is 1.43. The first-order valence-corrected chi connectivity index (χ1v) is 3.79. The van der Waals surface area contributed by atoms with Crippen LogP contribution in [0.3, 0.4) is 0 Å². The van der Waals surface area contributed by atoms with Gasteiger partial charge in [-0.2, -0.15) is 20.5 Å². The lowest BCUT2D eigenvalue weighted by Crippen LogP contribution is -2.39. The van der Waals surface area contributed by atoms with Crippen LogP contribution in [0.1, 0.15) is 0 Å². The average molecular weight is 134 g/mol. The summed E-state index contributed by atoms with van der Waals surface area (Å²) in [5.41, 5.74) is 1.21. The molecule has 0 radical (unpaired) electrons. The van der Waals surface area contributed by atoms with Crippen molar-refractivity contribution < 1.29 is 0 Å². The molecule has 0 fully saturated rings. The molecule has 0 aliphatic carbocycles. The molecule has 1 heterocycles. The van der Waals surface area contributed by atoms with Crippen molar-refractivity contribution in [3.63, 3.8) is 0 Å². The van der Waals surface area contributed by atoms with Crippen LogP contribution in [-0.4, -0.2) is 11.1 Å². The Morgan fingerprint density at radius 1 is 1.20 bits per heavy atom. The average Bonchev–Trinajstić information content (AvgIpc) is 1.88. The van der Waals surface area contributed by atoms with Crippen LogP contribution >= 0.6 is 0 Å². The van der Waals surface area contributed by atoms with E-state index < -0.39 is 6.15 Å². The first-order valence-electron chi connectivity index (χ1n) is 3.79. The van der Waals surface area contributed by atoms with Gasteiger partial charge in [0.15, 0.2) is 0 Å². The van der Waals surface area contributed by atoms with Crippen molar-refractivity contribution in [2.45, 2.75) is 20.5 Å². The number of aromatic nitrogens is 1. The summed E-state index contributed by atoms with van der Waals surface area (Å²) in [5.74, 6) is 0. The summed E-state index contributed by atoms with van der Waals surface area (Å²) < 4.78 is 0. The molecular weight excluding hydrogens is 121 g/mol. The Hall–Kier alpha value is -0.785. The largest absolute Gasteiger partial charge is 0.304 e. The quantitative estimate of drug-likeness (QED) is 0.532. The van der Waals surface area contributed by atoms with E-state index in [4.69, 9.17) is 0 Å². The Morgan fingerprint density at radius 3 is 2.20 bits per heavy atom. The number of hydrogen-bond acceptors (Lipinski definition) is 1. The molecule has 54 valence electrons. The molecule has 0 aromatic carbocycles. The van der Waals surface area contributed by atoms with Crippen molar-refractivity contribution in [2.24, 2.45) is 0 Å². The zero-order valence-corrected chi connectivity index (χ0v) is 6.83. The Kier molecular flexibility index (Phi) is 1.79. The zero-order chi connectivity index (χ0) is 7.61. The van der Waals surface area contributed by atoms with E-state index >= 15 is 0 Å². The second-order valence-corrected chi connectivity index (χ2v) is 3.85. The molecule has 0 atom stereocenters. The van der Waals surface area contributed by atoms with E-state index in [2.05, 4.69) is 31.5 Å². The Bertz CT molecular complexity index is 200. The minimum absolute atomic E-state index is 0.415. The first kappa shape index (κ1) is 7.32. The maximum atomic E-state index is 4.28. The third-order valence-electron chi connectivity index (χ3n) is 1.58. The molecule has 0 aliphatic rings.